The molecular weight excluding hydrogens is 197 g/mol. The van der Waals surface area contributed by atoms with Crippen LogP contribution in [0.25, 0.3) is 0 Å². The van der Waals surface area contributed by atoms with Crippen LogP contribution in [0.5, 0.6) is 0 Å². The van der Waals surface area contributed by atoms with Crippen molar-refractivity contribution >= 4 is 5.97 Å². The Morgan fingerprint density at radius 1 is 1.53 bits per heavy atom. The second-order valence-corrected chi connectivity index (χ2v) is 3.66. The van der Waals surface area contributed by atoms with Crippen LogP contribution in [0.4, 0.5) is 4.39 Å². The number of nitrogens with one attached hydrogen (secondary N) is 1. The first kappa shape index (κ1) is 10.1. The van der Waals surface area contributed by atoms with Crippen LogP contribution in [-0.4, -0.2) is 17.6 Å². The molecule has 80 valence electrons. The molecule has 3 nitrogen and oxygen atoms in total. The SMILES string of the molecule is O=C(O)c1c(F)cccc1[C@@H]1CCCN1. The Balaban J connectivity index is 2.45. The number of halogens is 1. The van der Waals surface area contributed by atoms with E-state index >= 15 is 0 Å². The van der Waals surface area contributed by atoms with Crippen LogP contribution >= 0.6 is 0 Å². The summed E-state index contributed by atoms with van der Waals surface area (Å²) in [5.74, 6) is -1.86. The van der Waals surface area contributed by atoms with Crippen molar-refractivity contribution in [1.29, 1.82) is 0 Å². The quantitative estimate of drug-likeness (QED) is 0.782. The molecule has 1 atom stereocenters. The van der Waals surface area contributed by atoms with Crippen LogP contribution in [0, 0.1) is 5.82 Å². The molecule has 4 heteroatoms. The number of rotatable bonds is 2. The van der Waals surface area contributed by atoms with Crippen molar-refractivity contribution in [3.05, 3.63) is 35.1 Å². The lowest BCUT2D eigenvalue weighted by Gasteiger charge is -2.13. The normalized spacial score (nSPS) is 20.5. The van der Waals surface area contributed by atoms with Crippen molar-refractivity contribution in [3.63, 3.8) is 0 Å². The number of benzene rings is 1. The van der Waals surface area contributed by atoms with E-state index in [4.69, 9.17) is 5.11 Å². The van der Waals surface area contributed by atoms with Gasteiger partial charge in [-0.05, 0) is 31.0 Å². The van der Waals surface area contributed by atoms with Crippen LogP contribution in [-0.2, 0) is 0 Å². The van der Waals surface area contributed by atoms with Crippen molar-refractivity contribution in [2.75, 3.05) is 6.54 Å². The minimum absolute atomic E-state index is 0.0215. The van der Waals surface area contributed by atoms with Crippen LogP contribution in [0.15, 0.2) is 18.2 Å². The third-order valence-corrected chi connectivity index (χ3v) is 2.70. The monoisotopic (exact) mass is 209 g/mol. The Morgan fingerprint density at radius 3 is 2.93 bits per heavy atom. The first-order chi connectivity index (χ1) is 7.20. The van der Waals surface area contributed by atoms with E-state index in [1.54, 1.807) is 12.1 Å². The summed E-state index contributed by atoms with van der Waals surface area (Å²) in [6.45, 7) is 0.861. The summed E-state index contributed by atoms with van der Waals surface area (Å²) in [5, 5.41) is 12.1. The number of hydrogen-bond donors (Lipinski definition) is 2. The summed E-state index contributed by atoms with van der Waals surface area (Å²) in [5.41, 5.74) is 0.358. The van der Waals surface area contributed by atoms with Gasteiger partial charge in [-0.1, -0.05) is 12.1 Å². The van der Waals surface area contributed by atoms with Crippen molar-refractivity contribution in [1.82, 2.24) is 5.32 Å². The molecule has 1 aromatic carbocycles. The van der Waals surface area contributed by atoms with E-state index in [2.05, 4.69) is 5.32 Å². The lowest BCUT2D eigenvalue weighted by molar-refractivity contribution is 0.0690. The minimum atomic E-state index is -1.20. The smallest absolute Gasteiger partial charge is 0.339 e. The Bertz CT molecular complexity index is 386. The maximum Gasteiger partial charge on any atom is 0.339 e. The van der Waals surface area contributed by atoms with E-state index in [9.17, 15) is 9.18 Å². The first-order valence-corrected chi connectivity index (χ1v) is 4.95. The van der Waals surface area contributed by atoms with Gasteiger partial charge < -0.3 is 10.4 Å². The molecule has 0 unspecified atom stereocenters. The summed E-state index contributed by atoms with van der Waals surface area (Å²) in [4.78, 5) is 10.9. The number of aromatic carboxylic acids is 1. The third kappa shape index (κ3) is 1.85. The van der Waals surface area contributed by atoms with E-state index in [1.165, 1.54) is 6.07 Å². The van der Waals surface area contributed by atoms with Crippen molar-refractivity contribution in [3.8, 4) is 0 Å². The van der Waals surface area contributed by atoms with Crippen molar-refractivity contribution in [2.24, 2.45) is 0 Å². The van der Waals surface area contributed by atoms with Crippen LogP contribution in [0.2, 0.25) is 0 Å². The van der Waals surface area contributed by atoms with Gasteiger partial charge in [-0.3, -0.25) is 0 Å². The minimum Gasteiger partial charge on any atom is -0.478 e. The molecule has 0 bridgehead atoms. The molecule has 1 fully saturated rings. The molecule has 1 aromatic rings. The van der Waals surface area contributed by atoms with E-state index in [0.717, 1.165) is 19.4 Å². The summed E-state index contributed by atoms with van der Waals surface area (Å²) < 4.78 is 13.3. The summed E-state index contributed by atoms with van der Waals surface area (Å²) in [6.07, 6.45) is 1.87. The average Bonchev–Trinajstić information content (AvgIpc) is 2.69. The topological polar surface area (TPSA) is 49.3 Å². The zero-order chi connectivity index (χ0) is 10.8. The fourth-order valence-electron chi connectivity index (χ4n) is 2.01. The number of carboxylic acid groups (broad SMARTS) is 1. The van der Waals surface area contributed by atoms with Gasteiger partial charge >= 0.3 is 5.97 Å². The molecule has 1 aliphatic rings. The molecule has 0 aliphatic carbocycles. The van der Waals surface area contributed by atoms with Gasteiger partial charge in [0.15, 0.2) is 0 Å². The van der Waals surface area contributed by atoms with Crippen molar-refractivity contribution in [2.45, 2.75) is 18.9 Å². The van der Waals surface area contributed by atoms with Crippen molar-refractivity contribution < 1.29 is 14.3 Å². The fourth-order valence-corrected chi connectivity index (χ4v) is 2.01. The van der Waals surface area contributed by atoms with Gasteiger partial charge in [-0.25, -0.2) is 9.18 Å². The molecular formula is C11H12FNO2. The fraction of sp³-hybridized carbons (Fsp3) is 0.364. The van der Waals surface area contributed by atoms with Gasteiger partial charge in [-0.15, -0.1) is 0 Å². The Hall–Kier alpha value is -1.42. The maximum absolute atomic E-state index is 13.3. The van der Waals surface area contributed by atoms with Gasteiger partial charge in [0, 0.05) is 6.04 Å². The highest BCUT2D eigenvalue weighted by atomic mass is 19.1. The zero-order valence-corrected chi connectivity index (χ0v) is 8.16. The van der Waals surface area contributed by atoms with E-state index < -0.39 is 11.8 Å². The number of carboxylic acids is 1. The summed E-state index contributed by atoms with van der Waals surface area (Å²) >= 11 is 0. The summed E-state index contributed by atoms with van der Waals surface area (Å²) in [7, 11) is 0. The standard InChI is InChI=1S/C11H12FNO2/c12-8-4-1-3-7(10(8)11(14)15)9-5-2-6-13-9/h1,3-4,9,13H,2,5-6H2,(H,14,15)/t9-/m0/s1. The molecule has 2 rings (SSSR count). The molecule has 0 radical (unpaired) electrons. The van der Waals surface area contributed by atoms with E-state index in [1.807, 2.05) is 0 Å². The lowest BCUT2D eigenvalue weighted by Crippen LogP contribution is -2.17. The summed E-state index contributed by atoms with van der Waals surface area (Å²) in [6, 6.07) is 4.39. The van der Waals surface area contributed by atoms with Crippen LogP contribution < -0.4 is 5.32 Å². The largest absolute Gasteiger partial charge is 0.478 e. The molecule has 1 saturated heterocycles. The van der Waals surface area contributed by atoms with Gasteiger partial charge in [0.1, 0.15) is 5.82 Å². The van der Waals surface area contributed by atoms with E-state index in [-0.39, 0.29) is 11.6 Å². The predicted octanol–water partition coefficient (Wildman–Crippen LogP) is 1.95. The molecule has 0 saturated carbocycles. The zero-order valence-electron chi connectivity index (χ0n) is 8.16. The molecule has 1 heterocycles. The predicted molar refractivity (Wildman–Crippen MR) is 53.3 cm³/mol. The second-order valence-electron chi connectivity index (χ2n) is 3.66. The Morgan fingerprint density at radius 2 is 2.33 bits per heavy atom. The molecule has 0 spiro atoms. The lowest BCUT2D eigenvalue weighted by atomic mass is 9.99. The maximum atomic E-state index is 13.3. The Labute approximate surface area is 86.9 Å². The number of carbonyl (C=O) groups is 1. The highest BCUT2D eigenvalue weighted by Gasteiger charge is 2.24. The molecule has 0 amide bonds. The van der Waals surface area contributed by atoms with Gasteiger partial charge in [0.2, 0.25) is 0 Å². The highest BCUT2D eigenvalue weighted by Crippen LogP contribution is 2.27. The molecule has 0 aromatic heterocycles. The highest BCUT2D eigenvalue weighted by molar-refractivity contribution is 5.89. The third-order valence-electron chi connectivity index (χ3n) is 2.70. The van der Waals surface area contributed by atoms with Crippen LogP contribution in [0.1, 0.15) is 34.8 Å². The van der Waals surface area contributed by atoms with Gasteiger partial charge in [-0.2, -0.15) is 0 Å². The number of hydrogen-bond acceptors (Lipinski definition) is 2. The Kier molecular flexibility index (Phi) is 2.68. The average molecular weight is 209 g/mol. The van der Waals surface area contributed by atoms with Gasteiger partial charge in [0.25, 0.3) is 0 Å². The first-order valence-electron chi connectivity index (χ1n) is 4.95. The van der Waals surface area contributed by atoms with Crippen LogP contribution in [0.3, 0.4) is 0 Å². The molecule has 15 heavy (non-hydrogen) atoms. The van der Waals surface area contributed by atoms with Gasteiger partial charge in [0.05, 0.1) is 5.56 Å². The second kappa shape index (κ2) is 3.98. The molecule has 2 N–H and O–H groups in total. The molecule has 1 aliphatic heterocycles. The van der Waals surface area contributed by atoms with E-state index in [0.29, 0.717) is 5.56 Å².